The highest BCUT2D eigenvalue weighted by molar-refractivity contribution is 7.99. The van der Waals surface area contributed by atoms with Crippen molar-refractivity contribution >= 4 is 35.0 Å². The first-order chi connectivity index (χ1) is 16.8. The van der Waals surface area contributed by atoms with Crippen molar-refractivity contribution in [2.75, 3.05) is 6.54 Å². The third-order valence-electron chi connectivity index (χ3n) is 5.11. The molecule has 0 aliphatic carbocycles. The van der Waals surface area contributed by atoms with Crippen LogP contribution in [0, 0.1) is 22.9 Å². The van der Waals surface area contributed by atoms with E-state index in [-0.39, 0.29) is 28.9 Å². The van der Waals surface area contributed by atoms with E-state index in [1.807, 2.05) is 12.1 Å². The van der Waals surface area contributed by atoms with Gasteiger partial charge in [-0.1, -0.05) is 59.2 Å². The maximum atomic E-state index is 13.9. The quantitative estimate of drug-likeness (QED) is 0.135. The van der Waals surface area contributed by atoms with E-state index in [1.54, 1.807) is 60.0 Å². The van der Waals surface area contributed by atoms with Crippen LogP contribution in [0.3, 0.4) is 0 Å². The van der Waals surface area contributed by atoms with E-state index >= 15 is 0 Å². The van der Waals surface area contributed by atoms with Gasteiger partial charge in [-0.15, -0.1) is 10.2 Å². The number of nitrogens with zero attached hydrogens (tertiary/aromatic N) is 4. The van der Waals surface area contributed by atoms with Crippen LogP contribution in [0.4, 0.5) is 4.39 Å². The van der Waals surface area contributed by atoms with Gasteiger partial charge in [0.1, 0.15) is 29.2 Å². The van der Waals surface area contributed by atoms with Crippen molar-refractivity contribution in [2.24, 2.45) is 0 Å². The molecule has 4 rings (SSSR count). The molecule has 3 aromatic carbocycles. The molecule has 1 atom stereocenters. The summed E-state index contributed by atoms with van der Waals surface area (Å²) in [5.41, 5.74) is 1.80. The zero-order valence-electron chi connectivity index (χ0n) is 18.4. The third-order valence-corrected chi connectivity index (χ3v) is 6.84. The van der Waals surface area contributed by atoms with Crippen molar-refractivity contribution in [1.29, 1.82) is 0 Å². The molecule has 0 bridgehead atoms. The fourth-order valence-corrected chi connectivity index (χ4v) is 4.92. The smallest absolute Gasteiger partial charge is 0.220 e. The number of aromatic nitrogens is 3. The molecule has 11 heteroatoms. The Balaban J connectivity index is 1.58. The first-order valence-corrected chi connectivity index (χ1v) is 12.1. The first-order valence-electron chi connectivity index (χ1n) is 10.4. The van der Waals surface area contributed by atoms with Crippen molar-refractivity contribution in [3.05, 3.63) is 110 Å². The molecule has 1 heterocycles. The van der Waals surface area contributed by atoms with Crippen LogP contribution in [-0.2, 0) is 6.61 Å². The van der Waals surface area contributed by atoms with Crippen LogP contribution >= 0.6 is 35.0 Å². The Morgan fingerprint density at radius 3 is 2.54 bits per heavy atom. The number of ether oxygens (including phenoxy) is 1. The molecule has 7 nitrogen and oxygen atoms in total. The van der Waals surface area contributed by atoms with Crippen molar-refractivity contribution in [1.82, 2.24) is 14.8 Å². The molecule has 0 unspecified atom stereocenters. The molecule has 0 amide bonds. The Morgan fingerprint density at radius 2 is 1.86 bits per heavy atom. The monoisotopic (exact) mass is 532 g/mol. The zero-order chi connectivity index (χ0) is 24.9. The van der Waals surface area contributed by atoms with Crippen molar-refractivity contribution in [3.8, 4) is 11.4 Å². The molecule has 0 spiro atoms. The molecule has 0 saturated heterocycles. The van der Waals surface area contributed by atoms with Gasteiger partial charge in [0.25, 0.3) is 0 Å². The number of rotatable bonds is 9. The molecule has 0 aliphatic rings. The normalized spacial score (nSPS) is 11.9. The average molecular weight is 533 g/mol. The summed E-state index contributed by atoms with van der Waals surface area (Å²) in [7, 11) is 0. The Labute approximate surface area is 215 Å². The van der Waals surface area contributed by atoms with Crippen LogP contribution in [0.15, 0.2) is 71.9 Å². The fourth-order valence-electron chi connectivity index (χ4n) is 3.39. The SMILES string of the molecule is Cc1nnc(S[C@H](C[N+](=O)[O-])c2ccc(OCc3ccccc3F)c(Cl)c2)n1-c1ccc(Cl)cc1. The van der Waals surface area contributed by atoms with Crippen LogP contribution in [0.25, 0.3) is 5.69 Å². The lowest BCUT2D eigenvalue weighted by Crippen LogP contribution is -2.11. The Kier molecular flexibility index (Phi) is 7.90. The number of hydrogen-bond acceptors (Lipinski definition) is 6. The highest BCUT2D eigenvalue weighted by Gasteiger charge is 2.24. The number of thioether (sulfide) groups is 1. The summed E-state index contributed by atoms with van der Waals surface area (Å²) >= 11 is 13.6. The van der Waals surface area contributed by atoms with Gasteiger partial charge in [-0.25, -0.2) is 4.39 Å². The number of halogens is 3. The van der Waals surface area contributed by atoms with Crippen LogP contribution in [0.1, 0.15) is 22.2 Å². The molecule has 0 aliphatic heterocycles. The molecular formula is C24H19Cl2FN4O3S. The second-order valence-electron chi connectivity index (χ2n) is 7.53. The van der Waals surface area contributed by atoms with Gasteiger partial charge in [-0.3, -0.25) is 14.7 Å². The van der Waals surface area contributed by atoms with E-state index in [2.05, 4.69) is 10.2 Å². The fraction of sp³-hybridized carbons (Fsp3) is 0.167. The molecule has 0 fully saturated rings. The third kappa shape index (κ3) is 6.11. The summed E-state index contributed by atoms with van der Waals surface area (Å²) in [6, 6.07) is 18.4. The van der Waals surface area contributed by atoms with Gasteiger partial charge < -0.3 is 4.74 Å². The number of benzene rings is 3. The van der Waals surface area contributed by atoms with E-state index in [0.717, 1.165) is 5.69 Å². The van der Waals surface area contributed by atoms with Gasteiger partial charge in [0.05, 0.1) is 5.02 Å². The molecule has 35 heavy (non-hydrogen) atoms. The van der Waals surface area contributed by atoms with Crippen LogP contribution in [0.5, 0.6) is 5.75 Å². The molecule has 180 valence electrons. The summed E-state index contributed by atoms with van der Waals surface area (Å²) in [5, 5.41) is 20.6. The predicted octanol–water partition coefficient (Wildman–Crippen LogP) is 6.71. The number of nitro groups is 1. The Bertz CT molecular complexity index is 1350. The lowest BCUT2D eigenvalue weighted by molar-refractivity contribution is -0.479. The minimum absolute atomic E-state index is 0.00227. The van der Waals surface area contributed by atoms with E-state index in [1.165, 1.54) is 17.8 Å². The van der Waals surface area contributed by atoms with E-state index in [4.69, 9.17) is 27.9 Å². The predicted molar refractivity (Wildman–Crippen MR) is 134 cm³/mol. The molecule has 1 aromatic heterocycles. The summed E-state index contributed by atoms with van der Waals surface area (Å²) < 4.78 is 21.4. The largest absolute Gasteiger partial charge is 0.487 e. The summed E-state index contributed by atoms with van der Waals surface area (Å²) in [5.74, 6) is 0.607. The Morgan fingerprint density at radius 1 is 1.11 bits per heavy atom. The van der Waals surface area contributed by atoms with Gasteiger partial charge >= 0.3 is 0 Å². The van der Waals surface area contributed by atoms with Crippen molar-refractivity contribution in [2.45, 2.75) is 23.9 Å². The summed E-state index contributed by atoms with van der Waals surface area (Å²) in [6.45, 7) is 1.44. The minimum atomic E-state index is -0.599. The van der Waals surface area contributed by atoms with Gasteiger partial charge in [0.2, 0.25) is 6.54 Å². The standard InChI is InChI=1S/C24H19Cl2FN4O3S/c1-15-28-29-24(31(15)19-9-7-18(25)8-10-19)35-23(13-30(32)33)16-6-11-22(20(26)12-16)34-14-17-4-2-3-5-21(17)27/h2-12,23H,13-14H2,1H3/t23-/m1/s1. The maximum Gasteiger partial charge on any atom is 0.220 e. The number of hydrogen-bond donors (Lipinski definition) is 0. The highest BCUT2D eigenvalue weighted by atomic mass is 35.5. The van der Waals surface area contributed by atoms with Crippen molar-refractivity contribution in [3.63, 3.8) is 0 Å². The van der Waals surface area contributed by atoms with Crippen LogP contribution < -0.4 is 4.74 Å². The van der Waals surface area contributed by atoms with E-state index < -0.39 is 5.25 Å². The highest BCUT2D eigenvalue weighted by Crippen LogP contribution is 2.38. The molecular weight excluding hydrogens is 514 g/mol. The van der Waals surface area contributed by atoms with Crippen molar-refractivity contribution < 1.29 is 14.1 Å². The lowest BCUT2D eigenvalue weighted by atomic mass is 10.1. The Hall–Kier alpha value is -3.14. The molecule has 0 saturated carbocycles. The van der Waals surface area contributed by atoms with Crippen LogP contribution in [0.2, 0.25) is 10.0 Å². The number of aryl methyl sites for hydroxylation is 1. The summed E-state index contributed by atoms with van der Waals surface area (Å²) in [4.78, 5) is 11.1. The average Bonchev–Trinajstić information content (AvgIpc) is 3.19. The zero-order valence-corrected chi connectivity index (χ0v) is 20.7. The maximum absolute atomic E-state index is 13.9. The van der Waals surface area contributed by atoms with Crippen LogP contribution in [-0.4, -0.2) is 26.2 Å². The van der Waals surface area contributed by atoms with Gasteiger partial charge in [-0.05, 0) is 55.0 Å². The first kappa shape index (κ1) is 25.0. The van der Waals surface area contributed by atoms with Gasteiger partial charge in [0, 0.05) is 21.2 Å². The second-order valence-corrected chi connectivity index (χ2v) is 9.55. The summed E-state index contributed by atoms with van der Waals surface area (Å²) in [6.07, 6.45) is 0. The van der Waals surface area contributed by atoms with E-state index in [0.29, 0.717) is 32.9 Å². The minimum Gasteiger partial charge on any atom is -0.487 e. The molecule has 4 aromatic rings. The molecule has 0 radical (unpaired) electrons. The second kappa shape index (κ2) is 11.1. The topological polar surface area (TPSA) is 83.1 Å². The van der Waals surface area contributed by atoms with Gasteiger partial charge in [0.15, 0.2) is 5.16 Å². The van der Waals surface area contributed by atoms with E-state index in [9.17, 15) is 14.5 Å². The van der Waals surface area contributed by atoms with Gasteiger partial charge in [-0.2, -0.15) is 0 Å². The molecule has 0 N–H and O–H groups in total. The lowest BCUT2D eigenvalue weighted by Gasteiger charge is -2.16.